The Balaban J connectivity index is 2.51. The van der Waals surface area contributed by atoms with Crippen LogP contribution in [-0.4, -0.2) is 9.97 Å². The summed E-state index contributed by atoms with van der Waals surface area (Å²) in [6, 6.07) is 0. The molecule has 2 aromatic heterocycles. The lowest BCUT2D eigenvalue weighted by Gasteiger charge is -2.10. The van der Waals surface area contributed by atoms with Gasteiger partial charge in [0, 0.05) is 20.8 Å². The zero-order valence-electron chi connectivity index (χ0n) is 10.1. The molecule has 0 spiro atoms. The molecule has 0 saturated carbocycles. The third kappa shape index (κ3) is 3.03. The van der Waals surface area contributed by atoms with Gasteiger partial charge in [-0.05, 0) is 50.9 Å². The quantitative estimate of drug-likeness (QED) is 0.726. The molecule has 0 atom stereocenters. The predicted molar refractivity (Wildman–Crippen MR) is 88.7 cm³/mol. The van der Waals surface area contributed by atoms with E-state index in [-0.39, 0.29) is 0 Å². The number of hydrogen-bond donors (Lipinski definition) is 1. The molecule has 0 aliphatic heterocycles. The van der Waals surface area contributed by atoms with Gasteiger partial charge < -0.3 is 5.73 Å². The highest BCUT2D eigenvalue weighted by Crippen LogP contribution is 2.31. The minimum atomic E-state index is 0.548. The van der Waals surface area contributed by atoms with Gasteiger partial charge in [0.15, 0.2) is 5.82 Å². The molecule has 0 saturated heterocycles. The van der Waals surface area contributed by atoms with Crippen LogP contribution in [0.5, 0.6) is 0 Å². The van der Waals surface area contributed by atoms with Crippen LogP contribution in [0.1, 0.15) is 19.5 Å². The molecule has 0 amide bonds. The minimum absolute atomic E-state index is 0.548. The zero-order chi connectivity index (χ0) is 13.3. The highest BCUT2D eigenvalue weighted by Gasteiger charge is 2.14. The Kier molecular flexibility index (Phi) is 4.60. The van der Waals surface area contributed by atoms with Crippen molar-refractivity contribution in [2.45, 2.75) is 20.3 Å². The molecule has 2 rings (SSSR count). The number of rotatable bonds is 3. The van der Waals surface area contributed by atoms with Gasteiger partial charge in [0.25, 0.3) is 0 Å². The Morgan fingerprint density at radius 1 is 1.39 bits per heavy atom. The van der Waals surface area contributed by atoms with Crippen LogP contribution < -0.4 is 5.73 Å². The van der Waals surface area contributed by atoms with Crippen molar-refractivity contribution in [2.75, 3.05) is 5.73 Å². The first-order chi connectivity index (χ1) is 8.49. The van der Waals surface area contributed by atoms with Crippen LogP contribution in [0.4, 0.5) is 5.82 Å². The number of anilines is 1. The van der Waals surface area contributed by atoms with E-state index in [0.717, 1.165) is 25.7 Å². The normalized spacial score (nSPS) is 11.2. The van der Waals surface area contributed by atoms with E-state index >= 15 is 0 Å². The largest absolute Gasteiger partial charge is 0.383 e. The Morgan fingerprint density at radius 3 is 2.67 bits per heavy atom. The topological polar surface area (TPSA) is 51.8 Å². The number of nitrogens with two attached hydrogens (primary N) is 1. The predicted octanol–water partition coefficient (Wildman–Crippen LogP) is 4.35. The summed E-state index contributed by atoms with van der Waals surface area (Å²) in [5.74, 6) is 1.82. The summed E-state index contributed by atoms with van der Waals surface area (Å²) in [5, 5.41) is 4.06. The molecule has 96 valence electrons. The maximum absolute atomic E-state index is 5.98. The average molecular weight is 438 g/mol. The molecule has 2 aromatic rings. The van der Waals surface area contributed by atoms with Crippen LogP contribution in [0.2, 0.25) is 0 Å². The Labute approximate surface area is 132 Å². The van der Waals surface area contributed by atoms with Gasteiger partial charge in [-0.2, -0.15) is 11.3 Å². The van der Waals surface area contributed by atoms with Crippen molar-refractivity contribution in [3.63, 3.8) is 0 Å². The molecule has 3 nitrogen and oxygen atoms in total. The summed E-state index contributed by atoms with van der Waals surface area (Å²) in [4.78, 5) is 9.03. The van der Waals surface area contributed by atoms with E-state index < -0.39 is 0 Å². The van der Waals surface area contributed by atoms with Gasteiger partial charge in [0.2, 0.25) is 0 Å². The number of halogens is 2. The summed E-state index contributed by atoms with van der Waals surface area (Å²) in [6.07, 6.45) is 0.916. The first kappa shape index (κ1) is 14.2. The molecule has 0 unspecified atom stereocenters. The molecule has 18 heavy (non-hydrogen) atoms. The lowest BCUT2D eigenvalue weighted by atomic mass is 10.1. The van der Waals surface area contributed by atoms with Crippen molar-refractivity contribution in [3.05, 3.63) is 24.5 Å². The summed E-state index contributed by atoms with van der Waals surface area (Å²) in [7, 11) is 0. The summed E-state index contributed by atoms with van der Waals surface area (Å²) < 4.78 is 1.99. The third-order valence-corrected chi connectivity index (χ3v) is 5.28. The van der Waals surface area contributed by atoms with E-state index in [1.165, 1.54) is 0 Å². The van der Waals surface area contributed by atoms with Gasteiger partial charge in [0.05, 0.1) is 9.26 Å². The molecule has 6 heteroatoms. The smallest absolute Gasteiger partial charge is 0.163 e. The molecule has 2 heterocycles. The van der Waals surface area contributed by atoms with Crippen LogP contribution in [0.3, 0.4) is 0 Å². The molecule has 0 aromatic carbocycles. The maximum Gasteiger partial charge on any atom is 0.163 e. The molecule has 0 aliphatic rings. The number of nitrogen functional groups attached to an aromatic ring is 1. The van der Waals surface area contributed by atoms with Crippen molar-refractivity contribution >= 4 is 55.7 Å². The van der Waals surface area contributed by atoms with Gasteiger partial charge in [-0.15, -0.1) is 0 Å². The fourth-order valence-corrected chi connectivity index (χ4v) is 3.51. The van der Waals surface area contributed by atoms with Crippen LogP contribution in [0, 0.1) is 9.49 Å². The lowest BCUT2D eigenvalue weighted by molar-refractivity contribution is 0.632. The standard InChI is InChI=1S/C12H13BrIN3S/c1-6(2)3-9-10(14)11(15)17-12(16-9)7-4-18-5-8(7)13/h4-6H,3H2,1-2H3,(H2,15,16,17). The minimum Gasteiger partial charge on any atom is -0.383 e. The van der Waals surface area contributed by atoms with E-state index in [0.29, 0.717) is 17.6 Å². The second kappa shape index (κ2) is 5.83. The van der Waals surface area contributed by atoms with E-state index in [2.05, 4.69) is 62.3 Å². The van der Waals surface area contributed by atoms with E-state index in [9.17, 15) is 0 Å². The van der Waals surface area contributed by atoms with Crippen molar-refractivity contribution in [1.82, 2.24) is 9.97 Å². The van der Waals surface area contributed by atoms with Crippen molar-refractivity contribution in [3.8, 4) is 11.4 Å². The maximum atomic E-state index is 5.98. The number of aromatic nitrogens is 2. The molecule has 0 fully saturated rings. The van der Waals surface area contributed by atoms with Gasteiger partial charge >= 0.3 is 0 Å². The van der Waals surface area contributed by atoms with Crippen LogP contribution in [0.15, 0.2) is 15.2 Å². The van der Waals surface area contributed by atoms with Crippen LogP contribution in [-0.2, 0) is 6.42 Å². The SMILES string of the molecule is CC(C)Cc1nc(-c2cscc2Br)nc(N)c1I. The van der Waals surface area contributed by atoms with E-state index in [1.54, 1.807) is 11.3 Å². The molecule has 0 radical (unpaired) electrons. The Hall–Kier alpha value is -0.210. The number of nitrogens with zero attached hydrogens (tertiary/aromatic N) is 2. The first-order valence-corrected chi connectivity index (χ1v) is 8.34. The number of hydrogen-bond acceptors (Lipinski definition) is 4. The third-order valence-electron chi connectivity index (χ3n) is 2.40. The highest BCUT2D eigenvalue weighted by atomic mass is 127. The van der Waals surface area contributed by atoms with Crippen LogP contribution >= 0.6 is 49.9 Å². The average Bonchev–Trinajstić information content (AvgIpc) is 2.70. The van der Waals surface area contributed by atoms with Gasteiger partial charge in [-0.3, -0.25) is 0 Å². The summed E-state index contributed by atoms with van der Waals surface area (Å²) in [6.45, 7) is 4.35. The van der Waals surface area contributed by atoms with Gasteiger partial charge in [-0.1, -0.05) is 13.8 Å². The molecular weight excluding hydrogens is 425 g/mol. The van der Waals surface area contributed by atoms with E-state index in [1.807, 2.05) is 10.8 Å². The Morgan fingerprint density at radius 2 is 2.11 bits per heavy atom. The van der Waals surface area contributed by atoms with Crippen molar-refractivity contribution in [2.24, 2.45) is 5.92 Å². The van der Waals surface area contributed by atoms with Crippen molar-refractivity contribution < 1.29 is 0 Å². The Bertz CT molecular complexity index is 568. The van der Waals surface area contributed by atoms with Crippen molar-refractivity contribution in [1.29, 1.82) is 0 Å². The van der Waals surface area contributed by atoms with Crippen LogP contribution in [0.25, 0.3) is 11.4 Å². The monoisotopic (exact) mass is 437 g/mol. The van der Waals surface area contributed by atoms with E-state index in [4.69, 9.17) is 5.73 Å². The molecule has 2 N–H and O–H groups in total. The molecule has 0 aliphatic carbocycles. The second-order valence-electron chi connectivity index (χ2n) is 4.42. The van der Waals surface area contributed by atoms with Gasteiger partial charge in [-0.25, -0.2) is 9.97 Å². The lowest BCUT2D eigenvalue weighted by Crippen LogP contribution is -2.07. The second-order valence-corrected chi connectivity index (χ2v) is 7.10. The molecular formula is C12H13BrIN3S. The fourth-order valence-electron chi connectivity index (χ4n) is 1.60. The first-order valence-electron chi connectivity index (χ1n) is 5.53. The summed E-state index contributed by atoms with van der Waals surface area (Å²) in [5.41, 5.74) is 8.02. The van der Waals surface area contributed by atoms with Gasteiger partial charge in [0.1, 0.15) is 5.82 Å². The fraction of sp³-hybridized carbons (Fsp3) is 0.333. The number of thiophene rings is 1. The zero-order valence-corrected chi connectivity index (χ0v) is 14.6. The highest BCUT2D eigenvalue weighted by molar-refractivity contribution is 14.1. The molecule has 0 bridgehead atoms. The summed E-state index contributed by atoms with van der Waals surface area (Å²) >= 11 is 7.35.